The van der Waals surface area contributed by atoms with Crippen LogP contribution in [0.1, 0.15) is 26.7 Å². The van der Waals surface area contributed by atoms with E-state index in [4.69, 9.17) is 14.2 Å². The Balaban J connectivity index is 1.55. The predicted octanol–water partition coefficient (Wildman–Crippen LogP) is 1.73. The smallest absolute Gasteiger partial charge is 0.340 e. The molecular formula is C17H18O5. The van der Waals surface area contributed by atoms with Crippen LogP contribution in [-0.4, -0.2) is 30.4 Å². The summed E-state index contributed by atoms with van der Waals surface area (Å²) in [6.45, 7) is 7.87. The van der Waals surface area contributed by atoms with Gasteiger partial charge in [0.05, 0.1) is 5.57 Å². The van der Waals surface area contributed by atoms with Crippen molar-refractivity contribution in [3.63, 3.8) is 0 Å². The van der Waals surface area contributed by atoms with Gasteiger partial charge in [-0.3, -0.25) is 4.79 Å². The fourth-order valence-corrected chi connectivity index (χ4v) is 5.30. The Bertz CT molecular complexity index is 691. The molecule has 5 heteroatoms. The number of hydrogen-bond acceptors (Lipinski definition) is 5. The summed E-state index contributed by atoms with van der Waals surface area (Å²) in [5.41, 5.74) is 2.68. The van der Waals surface area contributed by atoms with E-state index in [-0.39, 0.29) is 18.1 Å². The van der Waals surface area contributed by atoms with Crippen molar-refractivity contribution in [2.24, 2.45) is 23.2 Å². The lowest BCUT2D eigenvalue weighted by molar-refractivity contribution is -0.148. The Hall–Kier alpha value is -1.62. The SMILES string of the molecule is C=C1[C@H]2C[C@H]2[C@]2(C)[C@@H]3O[C@@]34OC(=O)C(COC(C)=O)=C4C[C@@H]12. The zero-order valence-corrected chi connectivity index (χ0v) is 12.7. The Labute approximate surface area is 128 Å². The second kappa shape index (κ2) is 3.48. The fourth-order valence-electron chi connectivity index (χ4n) is 5.30. The van der Waals surface area contributed by atoms with Crippen LogP contribution in [0.25, 0.3) is 0 Å². The van der Waals surface area contributed by atoms with Gasteiger partial charge in [0, 0.05) is 17.9 Å². The average molecular weight is 302 g/mol. The van der Waals surface area contributed by atoms with Gasteiger partial charge < -0.3 is 14.2 Å². The topological polar surface area (TPSA) is 65.1 Å². The first-order chi connectivity index (χ1) is 10.4. The number of ether oxygens (including phenoxy) is 3. The lowest BCUT2D eigenvalue weighted by Gasteiger charge is -2.38. The van der Waals surface area contributed by atoms with E-state index in [9.17, 15) is 9.59 Å². The number of allylic oxidation sites excluding steroid dienone is 1. The molecule has 0 aromatic carbocycles. The molecule has 5 nitrogen and oxygen atoms in total. The molecular weight excluding hydrogens is 284 g/mol. The summed E-state index contributed by atoms with van der Waals surface area (Å²) in [6, 6.07) is 0. The molecule has 6 atom stereocenters. The van der Waals surface area contributed by atoms with Gasteiger partial charge in [-0.1, -0.05) is 19.1 Å². The van der Waals surface area contributed by atoms with Crippen molar-refractivity contribution < 1.29 is 23.8 Å². The molecule has 116 valence electrons. The molecule has 5 aliphatic rings. The van der Waals surface area contributed by atoms with Gasteiger partial charge in [0.1, 0.15) is 12.7 Å². The quantitative estimate of drug-likeness (QED) is 0.441. The normalized spacial score (nSPS) is 49.9. The summed E-state index contributed by atoms with van der Waals surface area (Å²) >= 11 is 0. The fraction of sp³-hybridized carbons (Fsp3) is 0.647. The molecule has 0 aromatic heterocycles. The number of hydrogen-bond donors (Lipinski definition) is 0. The van der Waals surface area contributed by atoms with Crippen molar-refractivity contribution in [3.05, 3.63) is 23.3 Å². The molecule has 2 heterocycles. The van der Waals surface area contributed by atoms with E-state index in [1.54, 1.807) is 0 Å². The number of esters is 2. The van der Waals surface area contributed by atoms with Crippen LogP contribution in [0.4, 0.5) is 0 Å². The number of carbonyl (C=O) groups is 2. The molecule has 0 bridgehead atoms. The van der Waals surface area contributed by atoms with Gasteiger partial charge in [-0.15, -0.1) is 0 Å². The third-order valence-electron chi connectivity index (χ3n) is 6.51. The largest absolute Gasteiger partial charge is 0.461 e. The van der Waals surface area contributed by atoms with Gasteiger partial charge in [0.2, 0.25) is 0 Å². The van der Waals surface area contributed by atoms with E-state index in [1.165, 1.54) is 18.9 Å². The minimum Gasteiger partial charge on any atom is -0.461 e. The summed E-state index contributed by atoms with van der Waals surface area (Å²) in [7, 11) is 0. The summed E-state index contributed by atoms with van der Waals surface area (Å²) in [5, 5.41) is 0. The van der Waals surface area contributed by atoms with Gasteiger partial charge in [-0.25, -0.2) is 4.79 Å². The van der Waals surface area contributed by atoms with Crippen LogP contribution in [0.15, 0.2) is 23.3 Å². The van der Waals surface area contributed by atoms with E-state index in [0.717, 1.165) is 12.0 Å². The lowest BCUT2D eigenvalue weighted by atomic mass is 9.63. The molecule has 5 rings (SSSR count). The Morgan fingerprint density at radius 3 is 3.00 bits per heavy atom. The number of rotatable bonds is 2. The maximum Gasteiger partial charge on any atom is 0.340 e. The Morgan fingerprint density at radius 1 is 1.50 bits per heavy atom. The number of fused-ring (bicyclic) bond motifs is 4. The highest BCUT2D eigenvalue weighted by molar-refractivity contribution is 5.94. The maximum absolute atomic E-state index is 12.2. The van der Waals surface area contributed by atoms with Crippen LogP contribution < -0.4 is 0 Å². The molecule has 22 heavy (non-hydrogen) atoms. The summed E-state index contributed by atoms with van der Waals surface area (Å²) in [6.07, 6.45) is 1.86. The van der Waals surface area contributed by atoms with E-state index in [1.807, 2.05) is 0 Å². The zero-order valence-electron chi connectivity index (χ0n) is 12.7. The summed E-state index contributed by atoms with van der Waals surface area (Å²) in [5.74, 6) is -0.0954. The molecule has 0 unspecified atom stereocenters. The van der Waals surface area contributed by atoms with Crippen LogP contribution in [0.3, 0.4) is 0 Å². The molecule has 3 saturated carbocycles. The highest BCUT2D eigenvalue weighted by atomic mass is 16.8. The van der Waals surface area contributed by atoms with Gasteiger partial charge in [0.15, 0.2) is 0 Å². The van der Waals surface area contributed by atoms with Crippen molar-refractivity contribution in [2.75, 3.05) is 6.61 Å². The molecule has 0 N–H and O–H groups in total. The van der Waals surface area contributed by atoms with Crippen LogP contribution in [0.2, 0.25) is 0 Å². The van der Waals surface area contributed by atoms with Gasteiger partial charge in [0.25, 0.3) is 5.79 Å². The third-order valence-corrected chi connectivity index (χ3v) is 6.51. The molecule has 2 aliphatic heterocycles. The van der Waals surface area contributed by atoms with E-state index in [2.05, 4.69) is 13.5 Å². The molecule has 0 radical (unpaired) electrons. The monoisotopic (exact) mass is 302 g/mol. The molecule has 1 spiro atoms. The summed E-state index contributed by atoms with van der Waals surface area (Å²) in [4.78, 5) is 23.3. The highest BCUT2D eigenvalue weighted by Crippen LogP contribution is 2.78. The third kappa shape index (κ3) is 1.22. The maximum atomic E-state index is 12.2. The first kappa shape index (κ1) is 12.9. The van der Waals surface area contributed by atoms with E-state index in [0.29, 0.717) is 23.3 Å². The van der Waals surface area contributed by atoms with Crippen molar-refractivity contribution in [3.8, 4) is 0 Å². The van der Waals surface area contributed by atoms with Crippen molar-refractivity contribution in [1.82, 2.24) is 0 Å². The average Bonchev–Trinajstić information content (AvgIpc) is 3.30. The van der Waals surface area contributed by atoms with Crippen LogP contribution in [0, 0.1) is 23.2 Å². The second-order valence-corrected chi connectivity index (χ2v) is 7.44. The molecule has 0 amide bonds. The van der Waals surface area contributed by atoms with E-state index >= 15 is 0 Å². The minimum absolute atomic E-state index is 0.0237. The standard InChI is InChI=1S/C17H18O5/c1-7-9-4-12(9)16(3)11(7)5-13-10(6-20-8(2)18)14(19)21-17(13)15(16)22-17/h9,11-12,15H,1,4-6H2,2-3H3/t9-,11+,12-,15+,16-,17-/m1/s1. The molecule has 4 fully saturated rings. The lowest BCUT2D eigenvalue weighted by Crippen LogP contribution is -2.42. The van der Waals surface area contributed by atoms with Crippen LogP contribution in [0.5, 0.6) is 0 Å². The highest BCUT2D eigenvalue weighted by Gasteiger charge is 2.82. The first-order valence-corrected chi connectivity index (χ1v) is 7.85. The van der Waals surface area contributed by atoms with Crippen molar-refractivity contribution >= 4 is 11.9 Å². The predicted molar refractivity (Wildman–Crippen MR) is 74.3 cm³/mol. The second-order valence-electron chi connectivity index (χ2n) is 7.44. The number of epoxide rings is 1. The van der Waals surface area contributed by atoms with Crippen LogP contribution >= 0.6 is 0 Å². The Morgan fingerprint density at radius 2 is 2.27 bits per heavy atom. The van der Waals surface area contributed by atoms with Gasteiger partial charge in [-0.05, 0) is 30.6 Å². The van der Waals surface area contributed by atoms with E-state index < -0.39 is 17.7 Å². The van der Waals surface area contributed by atoms with Gasteiger partial charge >= 0.3 is 11.9 Å². The molecule has 3 aliphatic carbocycles. The van der Waals surface area contributed by atoms with Crippen LogP contribution in [-0.2, 0) is 23.8 Å². The van der Waals surface area contributed by atoms with Crippen molar-refractivity contribution in [1.29, 1.82) is 0 Å². The first-order valence-electron chi connectivity index (χ1n) is 7.85. The Kier molecular flexibility index (Phi) is 2.04. The molecule has 0 aromatic rings. The van der Waals surface area contributed by atoms with Gasteiger partial charge in [-0.2, -0.15) is 0 Å². The summed E-state index contributed by atoms with van der Waals surface area (Å²) < 4.78 is 16.6. The number of carbonyl (C=O) groups excluding carboxylic acids is 2. The molecule has 1 saturated heterocycles. The van der Waals surface area contributed by atoms with Crippen molar-refractivity contribution in [2.45, 2.75) is 38.6 Å². The minimum atomic E-state index is -0.866. The zero-order chi connectivity index (χ0) is 15.4.